The molecular formula is C22H34IN5S. The highest BCUT2D eigenvalue weighted by Crippen LogP contribution is 2.23. The summed E-state index contributed by atoms with van der Waals surface area (Å²) in [7, 11) is 1.84. The van der Waals surface area contributed by atoms with E-state index in [1.807, 2.05) is 7.05 Å². The van der Waals surface area contributed by atoms with Crippen molar-refractivity contribution in [2.24, 2.45) is 4.99 Å². The molecule has 1 aromatic carbocycles. The van der Waals surface area contributed by atoms with Crippen molar-refractivity contribution in [3.8, 4) is 0 Å². The summed E-state index contributed by atoms with van der Waals surface area (Å²) in [6, 6.07) is 11.2. The van der Waals surface area contributed by atoms with Gasteiger partial charge in [-0.05, 0) is 18.4 Å². The van der Waals surface area contributed by atoms with Crippen molar-refractivity contribution < 1.29 is 0 Å². The molecule has 1 saturated heterocycles. The van der Waals surface area contributed by atoms with Gasteiger partial charge in [-0.1, -0.05) is 51.1 Å². The number of halogens is 1. The number of aliphatic imine (C=N–C) groups is 1. The Bertz CT molecular complexity index is 761. The zero-order valence-electron chi connectivity index (χ0n) is 17.9. The molecular weight excluding hydrogens is 493 g/mol. The lowest BCUT2D eigenvalue weighted by Gasteiger charge is -2.33. The second-order valence-electron chi connectivity index (χ2n) is 8.48. The Morgan fingerprint density at radius 2 is 1.90 bits per heavy atom. The van der Waals surface area contributed by atoms with E-state index in [-0.39, 0.29) is 29.4 Å². The van der Waals surface area contributed by atoms with Crippen molar-refractivity contribution >= 4 is 41.3 Å². The Morgan fingerprint density at radius 1 is 1.21 bits per heavy atom. The highest BCUT2D eigenvalue weighted by Gasteiger charge is 2.20. The van der Waals surface area contributed by atoms with Crippen LogP contribution in [0.15, 0.2) is 40.7 Å². The summed E-state index contributed by atoms with van der Waals surface area (Å²) < 4.78 is 0. The lowest BCUT2D eigenvalue weighted by Crippen LogP contribution is -2.48. The Morgan fingerprint density at radius 3 is 2.48 bits per heavy atom. The SMILES string of the molecule is CN=C(NCc1nc(C(C)(C)C)cs1)NC1CCN(Cc2ccccc2)CC1.I. The van der Waals surface area contributed by atoms with Gasteiger partial charge in [0, 0.05) is 43.5 Å². The first-order valence-corrected chi connectivity index (χ1v) is 11.0. The van der Waals surface area contributed by atoms with Crippen molar-refractivity contribution in [1.29, 1.82) is 0 Å². The van der Waals surface area contributed by atoms with Gasteiger partial charge in [-0.2, -0.15) is 0 Å². The van der Waals surface area contributed by atoms with Gasteiger partial charge in [-0.15, -0.1) is 35.3 Å². The number of hydrogen-bond acceptors (Lipinski definition) is 4. The van der Waals surface area contributed by atoms with Gasteiger partial charge in [-0.3, -0.25) is 9.89 Å². The molecule has 160 valence electrons. The van der Waals surface area contributed by atoms with Crippen LogP contribution >= 0.6 is 35.3 Å². The molecule has 5 nitrogen and oxygen atoms in total. The standard InChI is InChI=1S/C22H33N5S.HI/c1-22(2,3)19-16-28-20(26-19)14-24-21(23-4)25-18-10-12-27(13-11-18)15-17-8-6-5-7-9-17;/h5-9,16,18H,10-15H2,1-4H3,(H2,23,24,25);1H. The Hall–Kier alpha value is -1.19. The fourth-order valence-electron chi connectivity index (χ4n) is 3.36. The van der Waals surface area contributed by atoms with Crippen LogP contribution in [0.3, 0.4) is 0 Å². The molecule has 0 saturated carbocycles. The van der Waals surface area contributed by atoms with Gasteiger partial charge >= 0.3 is 0 Å². The summed E-state index contributed by atoms with van der Waals surface area (Å²) in [5, 5.41) is 10.3. The largest absolute Gasteiger partial charge is 0.354 e. The summed E-state index contributed by atoms with van der Waals surface area (Å²) in [4.78, 5) is 11.7. The fourth-order valence-corrected chi connectivity index (χ4v) is 4.32. The van der Waals surface area contributed by atoms with Crippen LogP contribution in [-0.2, 0) is 18.5 Å². The third-order valence-corrected chi connectivity index (χ3v) is 5.98. The first-order chi connectivity index (χ1) is 13.4. The number of piperidine rings is 1. The number of hydrogen-bond donors (Lipinski definition) is 2. The summed E-state index contributed by atoms with van der Waals surface area (Å²) >= 11 is 1.71. The Kier molecular flexibility index (Phi) is 9.36. The fraction of sp³-hybridized carbons (Fsp3) is 0.545. The number of nitrogens with zero attached hydrogens (tertiary/aromatic N) is 3. The molecule has 2 N–H and O–H groups in total. The molecule has 1 aliphatic heterocycles. The summed E-state index contributed by atoms with van der Waals surface area (Å²) in [5.74, 6) is 0.869. The van der Waals surface area contributed by atoms with Crippen LogP contribution in [-0.4, -0.2) is 42.0 Å². The van der Waals surface area contributed by atoms with Crippen molar-refractivity contribution in [3.63, 3.8) is 0 Å². The van der Waals surface area contributed by atoms with Gasteiger partial charge in [0.1, 0.15) is 5.01 Å². The van der Waals surface area contributed by atoms with E-state index in [0.717, 1.165) is 49.1 Å². The van der Waals surface area contributed by atoms with Crippen molar-refractivity contribution in [3.05, 3.63) is 52.0 Å². The quantitative estimate of drug-likeness (QED) is 0.344. The van der Waals surface area contributed by atoms with Crippen LogP contribution in [0.4, 0.5) is 0 Å². The average molecular weight is 528 g/mol. The van der Waals surface area contributed by atoms with Gasteiger partial charge in [0.25, 0.3) is 0 Å². The molecule has 0 bridgehead atoms. The molecule has 0 radical (unpaired) electrons. The number of likely N-dealkylation sites (tertiary alicyclic amines) is 1. The topological polar surface area (TPSA) is 52.6 Å². The molecule has 29 heavy (non-hydrogen) atoms. The summed E-state index contributed by atoms with van der Waals surface area (Å²) in [6.45, 7) is 10.6. The molecule has 3 rings (SSSR count). The minimum Gasteiger partial charge on any atom is -0.354 e. The highest BCUT2D eigenvalue weighted by molar-refractivity contribution is 14.0. The lowest BCUT2D eigenvalue weighted by molar-refractivity contribution is 0.198. The summed E-state index contributed by atoms with van der Waals surface area (Å²) in [6.07, 6.45) is 2.28. The van der Waals surface area contributed by atoms with E-state index in [9.17, 15) is 0 Å². The van der Waals surface area contributed by atoms with Gasteiger partial charge < -0.3 is 10.6 Å². The van der Waals surface area contributed by atoms with Gasteiger partial charge in [0.2, 0.25) is 0 Å². The summed E-state index contributed by atoms with van der Waals surface area (Å²) in [5.41, 5.74) is 2.65. The monoisotopic (exact) mass is 527 g/mol. The van der Waals surface area contributed by atoms with E-state index in [0.29, 0.717) is 12.6 Å². The van der Waals surface area contributed by atoms with Crippen LogP contribution in [0.5, 0.6) is 0 Å². The number of thiazole rings is 1. The van der Waals surface area contributed by atoms with Crippen LogP contribution in [0.2, 0.25) is 0 Å². The molecule has 2 aromatic rings. The maximum Gasteiger partial charge on any atom is 0.191 e. The van der Waals surface area contributed by atoms with E-state index in [1.165, 1.54) is 5.56 Å². The number of rotatable bonds is 5. The smallest absolute Gasteiger partial charge is 0.191 e. The minimum absolute atomic E-state index is 0. The maximum atomic E-state index is 4.75. The van der Waals surface area contributed by atoms with Crippen LogP contribution in [0.25, 0.3) is 0 Å². The van der Waals surface area contributed by atoms with E-state index in [1.54, 1.807) is 11.3 Å². The number of benzene rings is 1. The third kappa shape index (κ3) is 7.53. The molecule has 1 fully saturated rings. The van der Waals surface area contributed by atoms with E-state index in [2.05, 4.69) is 77.0 Å². The van der Waals surface area contributed by atoms with E-state index in [4.69, 9.17) is 4.98 Å². The molecule has 1 aromatic heterocycles. The van der Waals surface area contributed by atoms with Gasteiger partial charge in [0.15, 0.2) is 5.96 Å². The van der Waals surface area contributed by atoms with E-state index >= 15 is 0 Å². The van der Waals surface area contributed by atoms with Crippen molar-refractivity contribution in [2.75, 3.05) is 20.1 Å². The predicted molar refractivity (Wildman–Crippen MR) is 134 cm³/mol. The number of nitrogens with one attached hydrogen (secondary N) is 2. The zero-order valence-corrected chi connectivity index (χ0v) is 21.1. The Balaban J connectivity index is 0.00000300. The minimum atomic E-state index is 0. The third-order valence-electron chi connectivity index (χ3n) is 5.13. The first kappa shape index (κ1) is 24.1. The molecule has 0 amide bonds. The second-order valence-corrected chi connectivity index (χ2v) is 9.43. The number of guanidine groups is 1. The first-order valence-electron chi connectivity index (χ1n) is 10.1. The number of aromatic nitrogens is 1. The van der Waals surface area contributed by atoms with Gasteiger partial charge in [-0.25, -0.2) is 4.98 Å². The second kappa shape index (κ2) is 11.3. The van der Waals surface area contributed by atoms with Crippen LogP contribution < -0.4 is 10.6 Å². The maximum absolute atomic E-state index is 4.75. The molecule has 7 heteroatoms. The predicted octanol–water partition coefficient (Wildman–Crippen LogP) is 4.39. The molecule has 0 atom stereocenters. The normalized spacial score (nSPS) is 16.3. The zero-order chi connectivity index (χ0) is 20.0. The molecule has 0 aliphatic carbocycles. The molecule has 2 heterocycles. The molecule has 1 aliphatic rings. The van der Waals surface area contributed by atoms with Crippen molar-refractivity contribution in [2.45, 2.75) is 58.2 Å². The van der Waals surface area contributed by atoms with Gasteiger partial charge in [0.05, 0.1) is 12.2 Å². The highest BCUT2D eigenvalue weighted by atomic mass is 127. The Labute approximate surface area is 196 Å². The van der Waals surface area contributed by atoms with E-state index < -0.39 is 0 Å². The van der Waals surface area contributed by atoms with Crippen LogP contribution in [0, 0.1) is 0 Å². The molecule has 0 spiro atoms. The molecule has 0 unspecified atom stereocenters. The van der Waals surface area contributed by atoms with Crippen molar-refractivity contribution in [1.82, 2.24) is 20.5 Å². The average Bonchev–Trinajstić information content (AvgIpc) is 3.17. The van der Waals surface area contributed by atoms with Crippen LogP contribution in [0.1, 0.15) is 49.9 Å². The lowest BCUT2D eigenvalue weighted by atomic mass is 9.93.